The first kappa shape index (κ1) is 12.1. The molecule has 0 radical (unpaired) electrons. The van der Waals surface area contributed by atoms with Gasteiger partial charge in [0.25, 0.3) is 10.2 Å². The molecule has 2 saturated heterocycles. The molecule has 7 nitrogen and oxygen atoms in total. The summed E-state index contributed by atoms with van der Waals surface area (Å²) in [6.45, 7) is 2.35. The van der Waals surface area contributed by atoms with E-state index >= 15 is 0 Å². The van der Waals surface area contributed by atoms with E-state index in [2.05, 4.69) is 10.2 Å². The van der Waals surface area contributed by atoms with Gasteiger partial charge in [-0.25, -0.2) is 0 Å². The third-order valence-corrected chi connectivity index (χ3v) is 5.61. The van der Waals surface area contributed by atoms with Gasteiger partial charge in [-0.3, -0.25) is 0 Å². The van der Waals surface area contributed by atoms with E-state index in [0.717, 1.165) is 19.3 Å². The molecule has 1 unspecified atom stereocenters. The maximum Gasteiger partial charge on any atom is 0.282 e. The Morgan fingerprint density at radius 1 is 1.00 bits per heavy atom. The van der Waals surface area contributed by atoms with Crippen LogP contribution in [0.2, 0.25) is 0 Å². The van der Waals surface area contributed by atoms with Crippen molar-refractivity contribution in [1.82, 2.24) is 23.6 Å². The van der Waals surface area contributed by atoms with E-state index < -0.39 is 10.2 Å². The summed E-state index contributed by atoms with van der Waals surface area (Å²) in [7, 11) is -3.26. The fourth-order valence-corrected chi connectivity index (χ4v) is 4.35. The van der Waals surface area contributed by atoms with Gasteiger partial charge in [-0.15, -0.1) is 0 Å². The van der Waals surface area contributed by atoms with Crippen LogP contribution in [-0.2, 0) is 10.2 Å². The van der Waals surface area contributed by atoms with Crippen molar-refractivity contribution in [1.29, 1.82) is 0 Å². The molecule has 1 atom stereocenters. The van der Waals surface area contributed by atoms with E-state index in [1.807, 2.05) is 0 Å². The second-order valence-electron chi connectivity index (χ2n) is 4.76. The largest absolute Gasteiger partial charge is 0.282 e. The second-order valence-corrected chi connectivity index (χ2v) is 6.69. The first-order valence-corrected chi connectivity index (χ1v) is 7.68. The van der Waals surface area contributed by atoms with Gasteiger partial charge in [0.1, 0.15) is 0 Å². The summed E-state index contributed by atoms with van der Waals surface area (Å²) < 4.78 is 27.9. The quantitative estimate of drug-likeness (QED) is 0.767. The average molecular weight is 271 g/mol. The number of hydrogen-bond acceptors (Lipinski definition) is 4. The van der Waals surface area contributed by atoms with E-state index in [0.29, 0.717) is 26.2 Å². The Kier molecular flexibility index (Phi) is 3.08. The molecule has 100 valence electrons. The summed E-state index contributed by atoms with van der Waals surface area (Å²) in [6.07, 6.45) is 5.96. The molecule has 0 aromatic carbocycles. The molecule has 1 aromatic rings. The first-order chi connectivity index (χ1) is 8.68. The van der Waals surface area contributed by atoms with E-state index in [1.165, 1.54) is 0 Å². The molecule has 18 heavy (non-hydrogen) atoms. The molecule has 2 fully saturated rings. The van der Waals surface area contributed by atoms with Crippen molar-refractivity contribution in [2.45, 2.75) is 25.3 Å². The maximum atomic E-state index is 12.4. The molecule has 0 aliphatic carbocycles. The Bertz CT molecular complexity index is 494. The molecule has 0 spiro atoms. The normalized spacial score (nSPS) is 27.0. The standard InChI is InChI=1S/C10H17N5O2S/c16-18(17,13-6-1-2-7-13)14-8-3-10(9-14)15-11-4-5-12-15/h4-5,10H,1-3,6-9H2. The fourth-order valence-electron chi connectivity index (χ4n) is 2.61. The van der Waals surface area contributed by atoms with Gasteiger partial charge in [-0.1, -0.05) is 0 Å². The van der Waals surface area contributed by atoms with Crippen molar-refractivity contribution >= 4 is 10.2 Å². The van der Waals surface area contributed by atoms with Crippen LogP contribution in [0.25, 0.3) is 0 Å². The van der Waals surface area contributed by atoms with Gasteiger partial charge < -0.3 is 0 Å². The van der Waals surface area contributed by atoms with Crippen LogP contribution in [0, 0.1) is 0 Å². The van der Waals surface area contributed by atoms with E-state index in [9.17, 15) is 8.42 Å². The first-order valence-electron chi connectivity index (χ1n) is 6.29. The molecule has 2 aliphatic rings. The smallest absolute Gasteiger partial charge is 0.195 e. The van der Waals surface area contributed by atoms with Gasteiger partial charge in [0.2, 0.25) is 0 Å². The van der Waals surface area contributed by atoms with Crippen LogP contribution in [0.5, 0.6) is 0 Å². The highest BCUT2D eigenvalue weighted by Crippen LogP contribution is 2.25. The molecule has 0 saturated carbocycles. The lowest BCUT2D eigenvalue weighted by Gasteiger charge is -2.23. The average Bonchev–Trinajstić information content (AvgIpc) is 3.12. The van der Waals surface area contributed by atoms with Crippen molar-refractivity contribution in [3.8, 4) is 0 Å². The van der Waals surface area contributed by atoms with Crippen LogP contribution in [0.1, 0.15) is 25.3 Å². The van der Waals surface area contributed by atoms with Gasteiger partial charge in [-0.2, -0.15) is 32.0 Å². The van der Waals surface area contributed by atoms with Crippen LogP contribution in [0.4, 0.5) is 0 Å². The SMILES string of the molecule is O=S(=O)(N1CCCC1)N1CCC(n2nccn2)C1. The molecule has 2 aliphatic heterocycles. The molecular formula is C10H17N5O2S. The molecule has 3 rings (SSSR count). The third kappa shape index (κ3) is 2.04. The lowest BCUT2D eigenvalue weighted by molar-refractivity contribution is 0.372. The highest BCUT2D eigenvalue weighted by atomic mass is 32.2. The zero-order valence-electron chi connectivity index (χ0n) is 10.1. The van der Waals surface area contributed by atoms with Crippen molar-refractivity contribution < 1.29 is 8.42 Å². The van der Waals surface area contributed by atoms with E-state index in [-0.39, 0.29) is 6.04 Å². The summed E-state index contributed by atoms with van der Waals surface area (Å²) in [4.78, 5) is 1.61. The Hall–Kier alpha value is -0.990. The van der Waals surface area contributed by atoms with Gasteiger partial charge in [0.05, 0.1) is 18.4 Å². The van der Waals surface area contributed by atoms with Crippen molar-refractivity contribution in [2.24, 2.45) is 0 Å². The van der Waals surface area contributed by atoms with Gasteiger partial charge in [-0.05, 0) is 19.3 Å². The summed E-state index contributed by atoms with van der Waals surface area (Å²) in [6, 6.07) is 0.0670. The van der Waals surface area contributed by atoms with Crippen molar-refractivity contribution in [2.75, 3.05) is 26.2 Å². The molecule has 0 bridgehead atoms. The third-order valence-electron chi connectivity index (χ3n) is 3.61. The lowest BCUT2D eigenvalue weighted by Crippen LogP contribution is -2.41. The molecule has 3 heterocycles. The zero-order chi connectivity index (χ0) is 12.6. The minimum atomic E-state index is -3.26. The fraction of sp³-hybridized carbons (Fsp3) is 0.800. The summed E-state index contributed by atoms with van der Waals surface area (Å²) >= 11 is 0. The summed E-state index contributed by atoms with van der Waals surface area (Å²) in [5.41, 5.74) is 0. The van der Waals surface area contributed by atoms with Crippen LogP contribution >= 0.6 is 0 Å². The number of hydrogen-bond donors (Lipinski definition) is 0. The topological polar surface area (TPSA) is 71.3 Å². The van der Waals surface area contributed by atoms with Gasteiger partial charge in [0, 0.05) is 26.2 Å². The van der Waals surface area contributed by atoms with Crippen LogP contribution in [0.15, 0.2) is 12.4 Å². The highest BCUT2D eigenvalue weighted by molar-refractivity contribution is 7.86. The maximum absolute atomic E-state index is 12.4. The molecular weight excluding hydrogens is 254 g/mol. The predicted octanol–water partition coefficient (Wildman–Crippen LogP) is -0.135. The number of aromatic nitrogens is 3. The van der Waals surface area contributed by atoms with Gasteiger partial charge in [0.15, 0.2) is 0 Å². The van der Waals surface area contributed by atoms with E-state index in [1.54, 1.807) is 25.8 Å². The van der Waals surface area contributed by atoms with Crippen LogP contribution < -0.4 is 0 Å². The second kappa shape index (κ2) is 4.60. The molecule has 1 aromatic heterocycles. The van der Waals surface area contributed by atoms with E-state index in [4.69, 9.17) is 0 Å². The Morgan fingerprint density at radius 3 is 2.33 bits per heavy atom. The highest BCUT2D eigenvalue weighted by Gasteiger charge is 2.37. The number of nitrogens with zero attached hydrogens (tertiary/aromatic N) is 5. The minimum Gasteiger partial charge on any atom is -0.195 e. The summed E-state index contributed by atoms with van der Waals surface area (Å²) in [5, 5.41) is 8.17. The molecule has 0 amide bonds. The Balaban J connectivity index is 1.71. The van der Waals surface area contributed by atoms with Crippen molar-refractivity contribution in [3.05, 3.63) is 12.4 Å². The lowest BCUT2D eigenvalue weighted by atomic mass is 10.3. The number of rotatable bonds is 3. The monoisotopic (exact) mass is 271 g/mol. The predicted molar refractivity (Wildman–Crippen MR) is 65.0 cm³/mol. The van der Waals surface area contributed by atoms with Crippen molar-refractivity contribution in [3.63, 3.8) is 0 Å². The van der Waals surface area contributed by atoms with Gasteiger partial charge >= 0.3 is 0 Å². The zero-order valence-corrected chi connectivity index (χ0v) is 11.0. The minimum absolute atomic E-state index is 0.0670. The molecule has 0 N–H and O–H groups in total. The van der Waals surface area contributed by atoms with Crippen LogP contribution in [-0.4, -0.2) is 58.2 Å². The summed E-state index contributed by atoms with van der Waals surface area (Å²) in [5.74, 6) is 0. The molecule has 8 heteroatoms. The van der Waals surface area contributed by atoms with Crippen LogP contribution in [0.3, 0.4) is 0 Å². The Morgan fingerprint density at radius 2 is 1.67 bits per heavy atom. The Labute approximate surface area is 107 Å².